The van der Waals surface area contributed by atoms with Crippen molar-refractivity contribution < 1.29 is 19.4 Å². The summed E-state index contributed by atoms with van der Waals surface area (Å²) in [5, 5.41) is 11.1. The highest BCUT2D eigenvalue weighted by Crippen LogP contribution is 2.39. The predicted molar refractivity (Wildman–Crippen MR) is 136 cm³/mol. The molecule has 1 N–H and O–H groups in total. The van der Waals surface area contributed by atoms with Gasteiger partial charge in [-0.25, -0.2) is 0 Å². The van der Waals surface area contributed by atoms with Crippen LogP contribution in [0.4, 0.5) is 0 Å². The Hall–Kier alpha value is -3.90. The van der Waals surface area contributed by atoms with Gasteiger partial charge in [0.1, 0.15) is 18.1 Å². The van der Waals surface area contributed by atoms with E-state index in [1.807, 2.05) is 92.6 Å². The van der Waals surface area contributed by atoms with Crippen LogP contribution in [0.5, 0.6) is 5.75 Å². The monoisotopic (exact) mass is 470 g/mol. The van der Waals surface area contributed by atoms with Gasteiger partial charge in [0.25, 0.3) is 11.7 Å². The molecule has 1 aliphatic rings. The summed E-state index contributed by atoms with van der Waals surface area (Å²) in [5.41, 5.74) is 3.45. The van der Waals surface area contributed by atoms with E-state index in [1.165, 1.54) is 0 Å². The number of hydrogen-bond donors (Lipinski definition) is 1. The third-order valence-electron chi connectivity index (χ3n) is 6.10. The molecule has 1 unspecified atom stereocenters. The Morgan fingerprint density at radius 2 is 1.60 bits per heavy atom. The van der Waals surface area contributed by atoms with Gasteiger partial charge in [0.05, 0.1) is 11.6 Å². The second kappa shape index (κ2) is 10.6. The maximum absolute atomic E-state index is 13.1. The molecular formula is C29H30N2O4. The molecule has 1 heterocycles. The first-order valence-electron chi connectivity index (χ1n) is 11.6. The van der Waals surface area contributed by atoms with E-state index in [0.717, 1.165) is 16.7 Å². The largest absolute Gasteiger partial charge is 0.507 e. The first-order chi connectivity index (χ1) is 16.8. The SMILES string of the molecule is Cc1ccc(/C(O)=C2\C(=O)C(=O)N(CCN(C)C)C2c2ccc(OCc3ccccc3)cc2)cc1. The van der Waals surface area contributed by atoms with Crippen molar-refractivity contribution in [2.24, 2.45) is 0 Å². The van der Waals surface area contributed by atoms with Gasteiger partial charge in [-0.3, -0.25) is 9.59 Å². The van der Waals surface area contributed by atoms with Crippen molar-refractivity contribution >= 4 is 17.4 Å². The van der Waals surface area contributed by atoms with Crippen molar-refractivity contribution in [2.45, 2.75) is 19.6 Å². The third-order valence-corrected chi connectivity index (χ3v) is 6.10. The van der Waals surface area contributed by atoms with Crippen LogP contribution in [-0.4, -0.2) is 53.8 Å². The summed E-state index contributed by atoms with van der Waals surface area (Å²) >= 11 is 0. The number of carbonyl (C=O) groups excluding carboxylic acids is 2. The zero-order valence-corrected chi connectivity index (χ0v) is 20.3. The molecule has 0 radical (unpaired) electrons. The Labute approximate surface area is 206 Å². The fourth-order valence-corrected chi connectivity index (χ4v) is 4.12. The van der Waals surface area contributed by atoms with Gasteiger partial charge in [-0.1, -0.05) is 72.3 Å². The van der Waals surface area contributed by atoms with E-state index in [-0.39, 0.29) is 11.3 Å². The molecule has 1 fully saturated rings. The third kappa shape index (κ3) is 5.44. The summed E-state index contributed by atoms with van der Waals surface area (Å²) < 4.78 is 5.90. The number of hydrogen-bond acceptors (Lipinski definition) is 5. The number of likely N-dealkylation sites (N-methyl/N-ethyl adjacent to an activating group) is 1. The predicted octanol–water partition coefficient (Wildman–Crippen LogP) is 4.56. The second-order valence-corrected chi connectivity index (χ2v) is 9.01. The summed E-state index contributed by atoms with van der Waals surface area (Å²) in [7, 11) is 3.83. The minimum Gasteiger partial charge on any atom is -0.507 e. The summed E-state index contributed by atoms with van der Waals surface area (Å²) in [6.07, 6.45) is 0. The van der Waals surface area contributed by atoms with E-state index in [2.05, 4.69) is 0 Å². The minimum atomic E-state index is -0.681. The lowest BCUT2D eigenvalue weighted by atomic mass is 9.95. The number of benzene rings is 3. The van der Waals surface area contributed by atoms with E-state index in [9.17, 15) is 14.7 Å². The van der Waals surface area contributed by atoms with Gasteiger partial charge in [-0.15, -0.1) is 0 Å². The Balaban J connectivity index is 1.67. The molecular weight excluding hydrogens is 440 g/mol. The Morgan fingerprint density at radius 3 is 2.23 bits per heavy atom. The van der Waals surface area contributed by atoms with Gasteiger partial charge in [0.15, 0.2) is 0 Å². The summed E-state index contributed by atoms with van der Waals surface area (Å²) in [4.78, 5) is 29.6. The molecule has 6 nitrogen and oxygen atoms in total. The fourth-order valence-electron chi connectivity index (χ4n) is 4.12. The van der Waals surface area contributed by atoms with Gasteiger partial charge >= 0.3 is 0 Å². The zero-order valence-electron chi connectivity index (χ0n) is 20.3. The minimum absolute atomic E-state index is 0.107. The molecule has 3 aromatic rings. The van der Waals surface area contributed by atoms with Crippen LogP contribution in [0.2, 0.25) is 0 Å². The molecule has 4 rings (SSSR count). The van der Waals surface area contributed by atoms with E-state index in [0.29, 0.717) is 31.0 Å². The lowest BCUT2D eigenvalue weighted by Crippen LogP contribution is -2.35. The molecule has 35 heavy (non-hydrogen) atoms. The molecule has 1 aliphatic heterocycles. The lowest BCUT2D eigenvalue weighted by Gasteiger charge is -2.26. The molecule has 0 saturated carbocycles. The van der Waals surface area contributed by atoms with E-state index >= 15 is 0 Å². The average Bonchev–Trinajstić information content (AvgIpc) is 3.12. The van der Waals surface area contributed by atoms with E-state index < -0.39 is 17.7 Å². The van der Waals surface area contributed by atoms with Crippen molar-refractivity contribution in [3.63, 3.8) is 0 Å². The zero-order chi connectivity index (χ0) is 24.9. The smallest absolute Gasteiger partial charge is 0.295 e. The second-order valence-electron chi connectivity index (χ2n) is 9.01. The molecule has 0 bridgehead atoms. The lowest BCUT2D eigenvalue weighted by molar-refractivity contribution is -0.140. The number of aliphatic hydroxyl groups excluding tert-OH is 1. The van der Waals surface area contributed by atoms with Crippen molar-refractivity contribution in [1.82, 2.24) is 9.80 Å². The molecule has 0 aromatic heterocycles. The molecule has 1 amide bonds. The van der Waals surface area contributed by atoms with Crippen LogP contribution in [0.1, 0.15) is 28.3 Å². The van der Waals surface area contributed by atoms with Crippen LogP contribution < -0.4 is 4.74 Å². The van der Waals surface area contributed by atoms with Gasteiger partial charge in [0.2, 0.25) is 0 Å². The normalized spacial score (nSPS) is 17.3. The molecule has 1 saturated heterocycles. The van der Waals surface area contributed by atoms with Crippen molar-refractivity contribution in [1.29, 1.82) is 0 Å². The standard InChI is InChI=1S/C29H30N2O4/c1-20-9-11-23(12-10-20)27(32)25-26(31(18-17-30(2)3)29(34)28(25)33)22-13-15-24(16-14-22)35-19-21-7-5-4-6-8-21/h4-16,26,32H,17-19H2,1-3H3/b27-25+. The highest BCUT2D eigenvalue weighted by atomic mass is 16.5. The number of ketones is 1. The molecule has 6 heteroatoms. The van der Waals surface area contributed by atoms with Crippen LogP contribution in [0, 0.1) is 6.92 Å². The maximum atomic E-state index is 13.1. The van der Waals surface area contributed by atoms with Crippen molar-refractivity contribution in [2.75, 3.05) is 27.2 Å². The van der Waals surface area contributed by atoms with Crippen molar-refractivity contribution in [3.05, 3.63) is 107 Å². The molecule has 1 atom stereocenters. The Morgan fingerprint density at radius 1 is 0.943 bits per heavy atom. The topological polar surface area (TPSA) is 70.1 Å². The fraction of sp³-hybridized carbons (Fsp3) is 0.241. The van der Waals surface area contributed by atoms with Crippen LogP contribution in [0.3, 0.4) is 0 Å². The first-order valence-corrected chi connectivity index (χ1v) is 11.6. The number of rotatable bonds is 8. The number of Topliss-reactive ketones (excluding diaryl/α,β-unsaturated/α-hetero) is 1. The molecule has 0 spiro atoms. The number of aliphatic hydroxyl groups is 1. The highest BCUT2D eigenvalue weighted by Gasteiger charge is 2.45. The van der Waals surface area contributed by atoms with Crippen LogP contribution >= 0.6 is 0 Å². The van der Waals surface area contributed by atoms with E-state index in [4.69, 9.17) is 4.74 Å². The van der Waals surface area contributed by atoms with E-state index in [1.54, 1.807) is 17.0 Å². The molecule has 3 aromatic carbocycles. The first kappa shape index (κ1) is 24.2. The number of likely N-dealkylation sites (tertiary alicyclic amines) is 1. The average molecular weight is 471 g/mol. The van der Waals surface area contributed by atoms with Gasteiger partial charge in [-0.05, 0) is 44.3 Å². The quantitative estimate of drug-likeness (QED) is 0.297. The summed E-state index contributed by atoms with van der Waals surface area (Å²) in [6, 6.07) is 23.8. The Bertz CT molecular complexity index is 1220. The van der Waals surface area contributed by atoms with Gasteiger partial charge < -0.3 is 19.6 Å². The number of nitrogens with zero attached hydrogens (tertiary/aromatic N) is 2. The highest BCUT2D eigenvalue weighted by molar-refractivity contribution is 6.46. The number of carbonyl (C=O) groups is 2. The van der Waals surface area contributed by atoms with Crippen LogP contribution in [-0.2, 0) is 16.2 Å². The maximum Gasteiger partial charge on any atom is 0.295 e. The summed E-state index contributed by atoms with van der Waals surface area (Å²) in [5.74, 6) is -0.752. The van der Waals surface area contributed by atoms with Crippen LogP contribution in [0.25, 0.3) is 5.76 Å². The molecule has 0 aliphatic carbocycles. The van der Waals surface area contributed by atoms with Gasteiger partial charge in [-0.2, -0.15) is 0 Å². The van der Waals surface area contributed by atoms with Crippen LogP contribution in [0.15, 0.2) is 84.4 Å². The Kier molecular flexibility index (Phi) is 7.32. The number of aryl methyl sites for hydroxylation is 1. The van der Waals surface area contributed by atoms with Crippen molar-refractivity contribution in [3.8, 4) is 5.75 Å². The molecule has 180 valence electrons. The number of ether oxygens (including phenoxy) is 1. The number of amides is 1. The van der Waals surface area contributed by atoms with Gasteiger partial charge in [0, 0.05) is 18.7 Å². The summed E-state index contributed by atoms with van der Waals surface area (Å²) in [6.45, 7) is 3.34.